The van der Waals surface area contributed by atoms with E-state index in [1.807, 2.05) is 24.6 Å². The van der Waals surface area contributed by atoms with E-state index in [1.54, 1.807) is 47.0 Å². The number of halogens is 4. The van der Waals surface area contributed by atoms with Crippen LogP contribution in [0.3, 0.4) is 0 Å². The Morgan fingerprint density at radius 1 is 0.750 bits per heavy atom. The van der Waals surface area contributed by atoms with Crippen LogP contribution in [0.4, 0.5) is 0 Å². The Morgan fingerprint density at radius 3 is 1.55 bits per heavy atom. The number of hydrogen-bond acceptors (Lipinski definition) is 0. The van der Waals surface area contributed by atoms with E-state index in [0.717, 1.165) is 6.42 Å². The Labute approximate surface area is 273 Å². The summed E-state index contributed by atoms with van der Waals surface area (Å²) in [6.45, 7) is 13.6. The van der Waals surface area contributed by atoms with Crippen LogP contribution in [-0.4, -0.2) is 0 Å². The first-order valence-electron chi connectivity index (χ1n) is 13.9. The van der Waals surface area contributed by atoms with Crippen LogP contribution in [0.15, 0.2) is 96.4 Å². The minimum absolute atomic E-state index is 0. The molecule has 0 nitrogen and oxygen atoms in total. The van der Waals surface area contributed by atoms with Crippen molar-refractivity contribution in [1.29, 1.82) is 0 Å². The van der Waals surface area contributed by atoms with Crippen molar-refractivity contribution >= 4 is 23.1 Å². The SMILES string of the molecule is CC1=C(C)C(C)=C(C2=C(C)C(C)=C(C)C2)C1.[CH3][Zr]([CH3])([CH3])([CH3])([Cl])([Cl])[C]1=CC=CC1.[Cl-].[Cl-].[Zr+2][CH]1C=Cc2ccccc21. The Balaban J connectivity index is 0.000000301. The number of hydrogen-bond donors (Lipinski definition) is 0. The van der Waals surface area contributed by atoms with Crippen LogP contribution >= 0.6 is 17.0 Å². The third-order valence-electron chi connectivity index (χ3n) is 8.66. The van der Waals surface area contributed by atoms with Crippen molar-refractivity contribution in [2.24, 2.45) is 0 Å². The van der Waals surface area contributed by atoms with E-state index in [2.05, 4.69) is 90.1 Å². The average molecular weight is 779 g/mol. The molecule has 5 rings (SSSR count). The Bertz CT molecular complexity index is 1350. The van der Waals surface area contributed by atoms with Gasteiger partial charge >= 0.3 is 153 Å². The predicted molar refractivity (Wildman–Crippen MR) is 167 cm³/mol. The molecular weight excluding hydrogens is 733 g/mol. The number of rotatable bonds is 2. The van der Waals surface area contributed by atoms with Gasteiger partial charge in [-0.3, -0.25) is 0 Å². The van der Waals surface area contributed by atoms with Gasteiger partial charge in [0, 0.05) is 0 Å². The Morgan fingerprint density at radius 2 is 1.23 bits per heavy atom. The summed E-state index contributed by atoms with van der Waals surface area (Å²) in [5.74, 6) is 0. The molecule has 0 N–H and O–H groups in total. The molecule has 0 bridgehead atoms. The normalized spacial score (nSPS) is 22.2. The molecule has 0 heterocycles. The quantitative estimate of drug-likeness (QED) is 0.322. The minimum atomic E-state index is -4.39. The van der Waals surface area contributed by atoms with Crippen molar-refractivity contribution in [2.45, 2.75) is 83.0 Å². The molecule has 4 aliphatic rings. The van der Waals surface area contributed by atoms with Gasteiger partial charge in [0.05, 0.1) is 0 Å². The Hall–Kier alpha value is 0.326. The third kappa shape index (κ3) is 9.41. The van der Waals surface area contributed by atoms with Gasteiger partial charge in [-0.1, -0.05) is 11.1 Å². The van der Waals surface area contributed by atoms with Crippen LogP contribution in [0, 0.1) is 0 Å². The van der Waals surface area contributed by atoms with Gasteiger partial charge in [0.1, 0.15) is 0 Å². The van der Waals surface area contributed by atoms with Crippen molar-refractivity contribution in [2.75, 3.05) is 0 Å². The zero-order valence-electron chi connectivity index (χ0n) is 25.9. The molecule has 4 aliphatic carbocycles. The van der Waals surface area contributed by atoms with Gasteiger partial charge in [-0.2, -0.15) is 0 Å². The molecule has 40 heavy (non-hydrogen) atoms. The second-order valence-corrected chi connectivity index (χ2v) is 69.9. The second-order valence-electron chi connectivity index (χ2n) is 14.9. The zero-order chi connectivity index (χ0) is 28.8. The van der Waals surface area contributed by atoms with E-state index in [9.17, 15) is 0 Å². The summed E-state index contributed by atoms with van der Waals surface area (Å²) < 4.78 is 10.1. The average Bonchev–Trinajstić information content (AvgIpc) is 3.58. The van der Waals surface area contributed by atoms with E-state index >= 15 is 0 Å². The van der Waals surface area contributed by atoms with Gasteiger partial charge in [0.15, 0.2) is 0 Å². The molecule has 1 atom stereocenters. The molecule has 0 saturated heterocycles. The molecule has 0 saturated carbocycles. The van der Waals surface area contributed by atoms with E-state index in [1.165, 1.54) is 49.5 Å². The molecule has 1 unspecified atom stereocenters. The van der Waals surface area contributed by atoms with Crippen LogP contribution in [0.25, 0.3) is 6.08 Å². The maximum absolute atomic E-state index is 6.75. The van der Waals surface area contributed by atoms with Gasteiger partial charge in [-0.25, -0.2) is 0 Å². The fraction of sp³-hybridized carbons (Fsp3) is 0.412. The van der Waals surface area contributed by atoms with Gasteiger partial charge in [0.25, 0.3) is 0 Å². The van der Waals surface area contributed by atoms with Gasteiger partial charge in [0.2, 0.25) is 0 Å². The maximum atomic E-state index is 6.75. The number of benzene rings is 1. The van der Waals surface area contributed by atoms with E-state index in [4.69, 9.17) is 17.0 Å². The van der Waals surface area contributed by atoms with Crippen LogP contribution in [0.1, 0.15) is 75.6 Å². The monoisotopic (exact) mass is 774 g/mol. The van der Waals surface area contributed by atoms with Crippen LogP contribution < -0.4 is 24.8 Å². The summed E-state index contributed by atoms with van der Waals surface area (Å²) in [6.07, 6.45) is 14.0. The molecule has 0 aromatic heterocycles. The molecule has 0 radical (unpaired) electrons. The summed E-state index contributed by atoms with van der Waals surface area (Å²) in [4.78, 5) is 0. The van der Waals surface area contributed by atoms with E-state index < -0.39 is 13.4 Å². The summed E-state index contributed by atoms with van der Waals surface area (Å²) in [5.41, 5.74) is 15.3. The summed E-state index contributed by atoms with van der Waals surface area (Å²) >= 11 is -2.80. The zero-order valence-corrected chi connectivity index (χ0v) is 33.8. The van der Waals surface area contributed by atoms with Crippen LogP contribution in [0.5, 0.6) is 0 Å². The molecule has 6 heteroatoms. The summed E-state index contributed by atoms with van der Waals surface area (Å²) in [6, 6.07) is 8.60. The molecule has 0 spiro atoms. The van der Waals surface area contributed by atoms with Crippen molar-refractivity contribution in [3.05, 3.63) is 108 Å². The number of fused-ring (bicyclic) bond motifs is 1. The molecular formula is C34H46Cl4Zr2. The van der Waals surface area contributed by atoms with Gasteiger partial charge in [-0.15, -0.1) is 0 Å². The summed E-state index contributed by atoms with van der Waals surface area (Å²) in [7, 11) is 13.5. The second kappa shape index (κ2) is 12.0. The first kappa shape index (κ1) is 38.4. The van der Waals surface area contributed by atoms with E-state index in [-0.39, 0.29) is 24.8 Å². The first-order valence-corrected chi connectivity index (χ1v) is 32.7. The molecule has 1 aromatic rings. The molecule has 218 valence electrons. The molecule has 0 fully saturated rings. The van der Waals surface area contributed by atoms with Crippen molar-refractivity contribution < 1.29 is 63.0 Å². The van der Waals surface area contributed by atoms with Gasteiger partial charge in [-0.05, 0) is 87.8 Å². The predicted octanol–water partition coefficient (Wildman–Crippen LogP) is 6.50. The fourth-order valence-electron chi connectivity index (χ4n) is 5.40. The molecule has 0 amide bonds. The van der Waals surface area contributed by atoms with Crippen molar-refractivity contribution in [3.8, 4) is 0 Å². The van der Waals surface area contributed by atoms with Crippen LogP contribution in [-0.2, 0) is 38.1 Å². The van der Waals surface area contributed by atoms with Gasteiger partial charge < -0.3 is 24.8 Å². The molecule has 1 aromatic carbocycles. The third-order valence-corrected chi connectivity index (χ3v) is 21.2. The summed E-state index contributed by atoms with van der Waals surface area (Å²) in [5, 5.41) is 0. The van der Waals surface area contributed by atoms with Crippen LogP contribution in [0.2, 0.25) is 18.5 Å². The first-order chi connectivity index (χ1) is 17.1. The standard InChI is InChI=1S/C16H22.C9H7.C5H5.4CH3.4ClH.2Zr/c1-9-7-15(13(5)11(9)3)16-8-10(2)12(4)14(16)6;1-2-5-9-7-3-6-8(9)4-1;1-2-4-5-3-1;;;;;;;;;;/h7-8H2,1-6H3;1-7H;1-3H,4H2;4*1H3;4*1H;;/q;;;;;;;;;;;2*+2/p-4. The fourth-order valence-corrected chi connectivity index (χ4v) is 12.8. The molecule has 0 aliphatic heterocycles. The van der Waals surface area contributed by atoms with Crippen molar-refractivity contribution in [3.63, 3.8) is 0 Å². The number of allylic oxidation sites excluding steroid dienone is 13. The topological polar surface area (TPSA) is 0 Å². The van der Waals surface area contributed by atoms with E-state index in [0.29, 0.717) is 3.63 Å². The Kier molecular flexibility index (Phi) is 11.5. The van der Waals surface area contributed by atoms with Crippen molar-refractivity contribution in [1.82, 2.24) is 0 Å².